The average Bonchev–Trinajstić information content (AvgIpc) is 2.64. The molecule has 0 radical (unpaired) electrons. The zero-order chi connectivity index (χ0) is 19.2. The molecule has 0 aromatic heterocycles. The molecule has 27 heavy (non-hydrogen) atoms. The Morgan fingerprint density at radius 3 is 2.52 bits per heavy atom. The van der Waals surface area contributed by atoms with Gasteiger partial charge >= 0.3 is 0 Å². The summed E-state index contributed by atoms with van der Waals surface area (Å²) in [6.07, 6.45) is 2.99. The highest BCUT2D eigenvalue weighted by atomic mass is 32.2. The zero-order valence-corrected chi connectivity index (χ0v) is 16.3. The lowest BCUT2D eigenvalue weighted by Crippen LogP contribution is -2.15. The maximum Gasteiger partial charge on any atom is 0.261 e. The third-order valence-corrected chi connectivity index (χ3v) is 6.78. The van der Waals surface area contributed by atoms with Gasteiger partial charge in [-0.25, -0.2) is 8.42 Å². The fraction of sp³-hybridized carbons (Fsp3) is 0.273. The normalized spacial score (nSPS) is 16.9. The highest BCUT2D eigenvalue weighted by Crippen LogP contribution is 2.39. The molecule has 3 aromatic rings. The average molecular weight is 381 g/mol. The fourth-order valence-electron chi connectivity index (χ4n) is 3.87. The second-order valence-corrected chi connectivity index (χ2v) is 9.21. The molecule has 4 rings (SSSR count). The highest BCUT2D eigenvalue weighted by molar-refractivity contribution is 7.92. The van der Waals surface area contributed by atoms with Crippen molar-refractivity contribution < 1.29 is 13.5 Å². The number of sulfonamides is 1. The number of aromatic hydroxyl groups is 1. The number of phenols is 1. The van der Waals surface area contributed by atoms with Crippen molar-refractivity contribution in [2.24, 2.45) is 5.92 Å². The first-order valence-corrected chi connectivity index (χ1v) is 10.7. The number of anilines is 1. The predicted octanol–water partition coefficient (Wildman–Crippen LogP) is 4.78. The number of phenolic OH excluding ortho intramolecular Hbond substituents is 1. The molecule has 4 nitrogen and oxygen atoms in total. The van der Waals surface area contributed by atoms with Crippen molar-refractivity contribution in [3.8, 4) is 5.75 Å². The van der Waals surface area contributed by atoms with Gasteiger partial charge in [0.15, 0.2) is 0 Å². The van der Waals surface area contributed by atoms with Crippen LogP contribution in [0, 0.1) is 12.8 Å². The molecule has 1 unspecified atom stereocenters. The number of hydrogen-bond acceptors (Lipinski definition) is 3. The van der Waals surface area contributed by atoms with Gasteiger partial charge in [-0.3, -0.25) is 4.72 Å². The van der Waals surface area contributed by atoms with Gasteiger partial charge in [0.2, 0.25) is 0 Å². The molecule has 0 fully saturated rings. The third-order valence-electron chi connectivity index (χ3n) is 5.40. The predicted molar refractivity (Wildman–Crippen MR) is 109 cm³/mol. The van der Waals surface area contributed by atoms with E-state index in [9.17, 15) is 13.5 Å². The van der Waals surface area contributed by atoms with Crippen LogP contribution in [0.2, 0.25) is 0 Å². The van der Waals surface area contributed by atoms with Crippen LogP contribution in [-0.2, 0) is 22.9 Å². The number of rotatable bonds is 3. The summed E-state index contributed by atoms with van der Waals surface area (Å²) in [7, 11) is -3.71. The molecule has 140 valence electrons. The summed E-state index contributed by atoms with van der Waals surface area (Å²) < 4.78 is 28.6. The third kappa shape index (κ3) is 3.28. The van der Waals surface area contributed by atoms with Crippen LogP contribution in [-0.4, -0.2) is 13.5 Å². The van der Waals surface area contributed by atoms with Crippen LogP contribution in [0.3, 0.4) is 0 Å². The molecule has 3 aromatic carbocycles. The minimum Gasteiger partial charge on any atom is -0.507 e. The van der Waals surface area contributed by atoms with E-state index in [0.29, 0.717) is 17.0 Å². The van der Waals surface area contributed by atoms with Gasteiger partial charge in [0, 0.05) is 10.8 Å². The van der Waals surface area contributed by atoms with E-state index in [1.54, 1.807) is 36.4 Å². The molecule has 1 aliphatic carbocycles. The van der Waals surface area contributed by atoms with Crippen LogP contribution in [0.5, 0.6) is 5.75 Å². The summed E-state index contributed by atoms with van der Waals surface area (Å²) >= 11 is 0. The Labute approximate surface area is 159 Å². The van der Waals surface area contributed by atoms with Gasteiger partial charge in [-0.1, -0.05) is 36.8 Å². The molecule has 5 heteroatoms. The number of aryl methyl sites for hydroxylation is 2. The van der Waals surface area contributed by atoms with Crippen LogP contribution in [0.25, 0.3) is 10.8 Å². The van der Waals surface area contributed by atoms with Crippen molar-refractivity contribution in [1.82, 2.24) is 0 Å². The summed E-state index contributed by atoms with van der Waals surface area (Å²) in [5.41, 5.74) is 3.91. The molecule has 0 aliphatic heterocycles. The second-order valence-electron chi connectivity index (χ2n) is 7.52. The standard InChI is InChI=1S/C22H23NO3S/c1-14-4-8-17(9-5-14)27(25,26)23-20-11-12-21(24)18-10-7-16-6-3-15(2)13-19(16)22(18)20/h4-5,7-12,15,23-24H,3,6,13H2,1-2H3. The van der Waals surface area contributed by atoms with Crippen molar-refractivity contribution in [2.45, 2.75) is 38.0 Å². The molecule has 0 saturated carbocycles. The smallest absolute Gasteiger partial charge is 0.261 e. The van der Waals surface area contributed by atoms with E-state index >= 15 is 0 Å². The molecule has 2 N–H and O–H groups in total. The van der Waals surface area contributed by atoms with E-state index in [-0.39, 0.29) is 10.6 Å². The minimum atomic E-state index is -3.71. The maximum absolute atomic E-state index is 12.9. The van der Waals surface area contributed by atoms with Gasteiger partial charge < -0.3 is 5.11 Å². The lowest BCUT2D eigenvalue weighted by molar-refractivity contribution is 0.481. The molecule has 0 bridgehead atoms. The monoisotopic (exact) mass is 381 g/mol. The lowest BCUT2D eigenvalue weighted by atomic mass is 9.82. The molecule has 0 heterocycles. The second kappa shape index (κ2) is 6.57. The molecule has 0 spiro atoms. The minimum absolute atomic E-state index is 0.171. The van der Waals surface area contributed by atoms with Gasteiger partial charge in [-0.05, 0) is 67.5 Å². The molecular weight excluding hydrogens is 358 g/mol. The summed E-state index contributed by atoms with van der Waals surface area (Å²) in [6.45, 7) is 4.13. The number of nitrogens with one attached hydrogen (secondary N) is 1. The van der Waals surface area contributed by atoms with Gasteiger partial charge in [-0.2, -0.15) is 0 Å². The van der Waals surface area contributed by atoms with Crippen molar-refractivity contribution in [3.05, 3.63) is 65.2 Å². The van der Waals surface area contributed by atoms with Crippen LogP contribution >= 0.6 is 0 Å². The topological polar surface area (TPSA) is 66.4 Å². The number of fused-ring (bicyclic) bond motifs is 3. The SMILES string of the molecule is Cc1ccc(S(=O)(=O)Nc2ccc(O)c3ccc4c(c23)CC(C)CC4)cc1. The van der Waals surface area contributed by atoms with Crippen LogP contribution in [0.4, 0.5) is 5.69 Å². The van der Waals surface area contributed by atoms with Crippen LogP contribution in [0.1, 0.15) is 30.0 Å². The molecule has 1 atom stereocenters. The molecule has 0 amide bonds. The van der Waals surface area contributed by atoms with Crippen molar-refractivity contribution in [1.29, 1.82) is 0 Å². The van der Waals surface area contributed by atoms with Crippen molar-refractivity contribution in [2.75, 3.05) is 4.72 Å². The van der Waals surface area contributed by atoms with E-state index < -0.39 is 10.0 Å². The zero-order valence-electron chi connectivity index (χ0n) is 15.5. The van der Waals surface area contributed by atoms with Gasteiger partial charge in [-0.15, -0.1) is 0 Å². The fourth-order valence-corrected chi connectivity index (χ4v) is 4.95. The van der Waals surface area contributed by atoms with E-state index in [2.05, 4.69) is 17.7 Å². The molecular formula is C22H23NO3S. The Bertz CT molecular complexity index is 1120. The Hall–Kier alpha value is -2.53. The summed E-state index contributed by atoms with van der Waals surface area (Å²) in [5.74, 6) is 0.705. The number of hydrogen-bond donors (Lipinski definition) is 2. The van der Waals surface area contributed by atoms with E-state index in [1.807, 2.05) is 13.0 Å². The van der Waals surface area contributed by atoms with Crippen molar-refractivity contribution in [3.63, 3.8) is 0 Å². The summed E-state index contributed by atoms with van der Waals surface area (Å²) in [6, 6.07) is 13.9. The van der Waals surface area contributed by atoms with Crippen LogP contribution < -0.4 is 4.72 Å². The maximum atomic E-state index is 12.9. The number of benzene rings is 3. The van der Waals surface area contributed by atoms with Gasteiger partial charge in [0.25, 0.3) is 10.0 Å². The van der Waals surface area contributed by atoms with Gasteiger partial charge in [0.1, 0.15) is 5.75 Å². The van der Waals surface area contributed by atoms with Crippen molar-refractivity contribution >= 4 is 26.5 Å². The quantitative estimate of drug-likeness (QED) is 0.642. The first-order chi connectivity index (χ1) is 12.8. The highest BCUT2D eigenvalue weighted by Gasteiger charge is 2.22. The lowest BCUT2D eigenvalue weighted by Gasteiger charge is -2.24. The van der Waals surface area contributed by atoms with E-state index in [1.165, 1.54) is 5.56 Å². The first-order valence-electron chi connectivity index (χ1n) is 9.21. The molecule has 1 aliphatic rings. The molecule has 0 saturated heterocycles. The van der Waals surface area contributed by atoms with Crippen LogP contribution in [0.15, 0.2) is 53.4 Å². The van der Waals surface area contributed by atoms with E-state index in [0.717, 1.165) is 35.8 Å². The van der Waals surface area contributed by atoms with E-state index in [4.69, 9.17) is 0 Å². The Kier molecular flexibility index (Phi) is 4.35. The summed E-state index contributed by atoms with van der Waals surface area (Å²) in [4.78, 5) is 0.229. The Morgan fingerprint density at radius 2 is 1.78 bits per heavy atom. The Balaban J connectivity index is 1.87. The first kappa shape index (κ1) is 17.9. The summed E-state index contributed by atoms with van der Waals surface area (Å²) in [5, 5.41) is 11.8. The Morgan fingerprint density at radius 1 is 1.04 bits per heavy atom. The van der Waals surface area contributed by atoms with Gasteiger partial charge in [0.05, 0.1) is 10.6 Å². The largest absolute Gasteiger partial charge is 0.507 e.